The van der Waals surface area contributed by atoms with Gasteiger partial charge in [-0.1, -0.05) is 18.2 Å². The fourth-order valence-electron chi connectivity index (χ4n) is 4.37. The van der Waals surface area contributed by atoms with Crippen molar-refractivity contribution in [2.75, 3.05) is 19.6 Å². The lowest BCUT2D eigenvalue weighted by Crippen LogP contribution is -2.50. The number of rotatable bonds is 4. The fraction of sp³-hybridized carbons (Fsp3) is 0.409. The summed E-state index contributed by atoms with van der Waals surface area (Å²) in [6.07, 6.45) is 6.18. The second-order valence-corrected chi connectivity index (χ2v) is 7.84. The number of pyridine rings is 1. The van der Waals surface area contributed by atoms with E-state index in [4.69, 9.17) is 0 Å². The third-order valence-corrected chi connectivity index (χ3v) is 5.90. The van der Waals surface area contributed by atoms with E-state index in [-0.39, 0.29) is 17.6 Å². The van der Waals surface area contributed by atoms with E-state index in [1.54, 1.807) is 24.5 Å². The molecule has 4 rings (SSSR count). The van der Waals surface area contributed by atoms with Crippen LogP contribution in [0.5, 0.6) is 0 Å². The number of carbonyl (C=O) groups excluding carboxylic acids is 2. The van der Waals surface area contributed by atoms with E-state index in [1.807, 2.05) is 21.9 Å². The van der Waals surface area contributed by atoms with Crippen molar-refractivity contribution in [1.29, 1.82) is 0 Å². The van der Waals surface area contributed by atoms with Gasteiger partial charge in [0.1, 0.15) is 5.82 Å². The summed E-state index contributed by atoms with van der Waals surface area (Å²) >= 11 is 0. The van der Waals surface area contributed by atoms with Crippen molar-refractivity contribution in [1.82, 2.24) is 14.8 Å². The molecule has 6 heteroatoms. The fourth-order valence-corrected chi connectivity index (χ4v) is 4.37. The van der Waals surface area contributed by atoms with Gasteiger partial charge < -0.3 is 9.80 Å². The number of aromatic nitrogens is 1. The molecule has 28 heavy (non-hydrogen) atoms. The van der Waals surface area contributed by atoms with Gasteiger partial charge in [-0.05, 0) is 48.6 Å². The van der Waals surface area contributed by atoms with Gasteiger partial charge in [-0.25, -0.2) is 4.39 Å². The Bertz CT molecular complexity index is 856. The topological polar surface area (TPSA) is 53.5 Å². The zero-order valence-corrected chi connectivity index (χ0v) is 15.8. The van der Waals surface area contributed by atoms with Gasteiger partial charge in [-0.3, -0.25) is 14.6 Å². The quantitative estimate of drug-likeness (QED) is 0.818. The molecule has 2 amide bonds. The van der Waals surface area contributed by atoms with E-state index in [1.165, 1.54) is 12.1 Å². The molecule has 2 fully saturated rings. The first-order valence-corrected chi connectivity index (χ1v) is 9.76. The van der Waals surface area contributed by atoms with Gasteiger partial charge in [-0.2, -0.15) is 0 Å². The number of amides is 2. The summed E-state index contributed by atoms with van der Waals surface area (Å²) < 4.78 is 13.1. The number of halogens is 1. The van der Waals surface area contributed by atoms with Crippen LogP contribution in [0, 0.1) is 11.2 Å². The average Bonchev–Trinajstić information content (AvgIpc) is 3.13. The Morgan fingerprint density at radius 3 is 2.68 bits per heavy atom. The summed E-state index contributed by atoms with van der Waals surface area (Å²) in [5.74, 6) is -0.100. The molecule has 2 saturated heterocycles. The summed E-state index contributed by atoms with van der Waals surface area (Å²) in [5.41, 5.74) is 1.35. The van der Waals surface area contributed by atoms with Gasteiger partial charge in [0.15, 0.2) is 0 Å². The zero-order chi connectivity index (χ0) is 19.6. The number of hydrogen-bond donors (Lipinski definition) is 0. The van der Waals surface area contributed by atoms with E-state index < -0.39 is 5.41 Å². The van der Waals surface area contributed by atoms with E-state index >= 15 is 0 Å². The molecule has 2 aliphatic rings. The maximum Gasteiger partial charge on any atom is 0.230 e. The number of likely N-dealkylation sites (tertiary alicyclic amines) is 2. The van der Waals surface area contributed by atoms with Crippen LogP contribution in [0.25, 0.3) is 0 Å². The number of hydrogen-bond acceptors (Lipinski definition) is 3. The molecular weight excluding hydrogens is 357 g/mol. The molecule has 1 atom stereocenters. The number of carbonyl (C=O) groups is 2. The van der Waals surface area contributed by atoms with Gasteiger partial charge in [0.2, 0.25) is 11.8 Å². The Labute approximate surface area is 164 Å². The minimum absolute atomic E-state index is 0.0494. The summed E-state index contributed by atoms with van der Waals surface area (Å²) in [6.45, 7) is 2.31. The van der Waals surface area contributed by atoms with Crippen LogP contribution in [-0.4, -0.2) is 46.2 Å². The summed E-state index contributed by atoms with van der Waals surface area (Å²) in [4.78, 5) is 33.7. The summed E-state index contributed by atoms with van der Waals surface area (Å²) in [7, 11) is 0. The summed E-state index contributed by atoms with van der Waals surface area (Å²) in [6, 6.07) is 10.0. The minimum Gasteiger partial charge on any atom is -0.341 e. The van der Waals surface area contributed by atoms with Crippen LogP contribution in [-0.2, 0) is 22.6 Å². The van der Waals surface area contributed by atoms with Crippen molar-refractivity contribution in [3.8, 4) is 0 Å². The Hall–Kier alpha value is -2.76. The highest BCUT2D eigenvalue weighted by molar-refractivity contribution is 5.86. The highest BCUT2D eigenvalue weighted by atomic mass is 19.1. The lowest BCUT2D eigenvalue weighted by molar-refractivity contribution is -0.146. The second kappa shape index (κ2) is 7.70. The molecule has 3 heterocycles. The molecule has 2 aromatic rings. The Balaban J connectivity index is 1.42. The molecule has 0 bridgehead atoms. The van der Waals surface area contributed by atoms with Crippen LogP contribution in [0.3, 0.4) is 0 Å². The predicted molar refractivity (Wildman–Crippen MR) is 103 cm³/mol. The lowest BCUT2D eigenvalue weighted by atomic mass is 9.78. The number of piperidine rings is 1. The normalized spacial score (nSPS) is 22.1. The molecule has 1 unspecified atom stereocenters. The third kappa shape index (κ3) is 3.77. The minimum atomic E-state index is -0.469. The van der Waals surface area contributed by atoms with Crippen LogP contribution in [0.1, 0.15) is 30.4 Å². The van der Waals surface area contributed by atoms with E-state index in [0.717, 1.165) is 24.0 Å². The molecule has 0 radical (unpaired) electrons. The molecule has 2 aliphatic heterocycles. The number of benzene rings is 1. The van der Waals surface area contributed by atoms with Crippen LogP contribution >= 0.6 is 0 Å². The number of nitrogens with zero attached hydrogens (tertiary/aromatic N) is 3. The van der Waals surface area contributed by atoms with Gasteiger partial charge in [0.05, 0.1) is 11.8 Å². The molecule has 0 N–H and O–H groups in total. The van der Waals surface area contributed by atoms with Crippen molar-refractivity contribution >= 4 is 11.8 Å². The highest BCUT2D eigenvalue weighted by Crippen LogP contribution is 2.40. The molecule has 1 spiro atoms. The average molecular weight is 381 g/mol. The van der Waals surface area contributed by atoms with Gasteiger partial charge in [0, 0.05) is 38.6 Å². The van der Waals surface area contributed by atoms with E-state index in [0.29, 0.717) is 39.0 Å². The van der Waals surface area contributed by atoms with Gasteiger partial charge in [-0.15, -0.1) is 0 Å². The predicted octanol–water partition coefficient (Wildman–Crippen LogP) is 2.80. The zero-order valence-electron chi connectivity index (χ0n) is 15.8. The van der Waals surface area contributed by atoms with Gasteiger partial charge in [0.25, 0.3) is 0 Å². The Kier molecular flexibility index (Phi) is 5.11. The van der Waals surface area contributed by atoms with Crippen molar-refractivity contribution in [3.63, 3.8) is 0 Å². The largest absolute Gasteiger partial charge is 0.341 e. The van der Waals surface area contributed by atoms with Crippen molar-refractivity contribution in [3.05, 3.63) is 65.7 Å². The Morgan fingerprint density at radius 1 is 1.11 bits per heavy atom. The van der Waals surface area contributed by atoms with Crippen LogP contribution in [0.2, 0.25) is 0 Å². The maximum atomic E-state index is 13.3. The standard InChI is InChI=1S/C22H24FN3O2/c23-19-6-4-17(5-7-19)15-25-11-2-8-22(21(25)28)9-12-26(16-22)20(27)13-18-3-1-10-24-14-18/h1,3-7,10,14H,2,8-9,11-13,15-16H2. The van der Waals surface area contributed by atoms with Gasteiger partial charge >= 0.3 is 0 Å². The molecular formula is C22H24FN3O2. The highest BCUT2D eigenvalue weighted by Gasteiger charge is 2.49. The smallest absolute Gasteiger partial charge is 0.230 e. The Morgan fingerprint density at radius 2 is 1.93 bits per heavy atom. The molecule has 1 aromatic heterocycles. The first kappa shape index (κ1) is 18.6. The maximum absolute atomic E-state index is 13.3. The van der Waals surface area contributed by atoms with E-state index in [2.05, 4.69) is 4.98 Å². The van der Waals surface area contributed by atoms with Crippen LogP contribution < -0.4 is 0 Å². The van der Waals surface area contributed by atoms with Crippen LogP contribution in [0.15, 0.2) is 48.8 Å². The second-order valence-electron chi connectivity index (χ2n) is 7.84. The third-order valence-electron chi connectivity index (χ3n) is 5.90. The molecule has 1 aromatic carbocycles. The molecule has 0 aliphatic carbocycles. The van der Waals surface area contributed by atoms with Crippen molar-refractivity contribution in [2.45, 2.75) is 32.2 Å². The molecule has 5 nitrogen and oxygen atoms in total. The molecule has 146 valence electrons. The first-order chi connectivity index (χ1) is 13.6. The SMILES string of the molecule is O=C(Cc1cccnc1)N1CCC2(CCCN(Cc3ccc(F)cc3)C2=O)C1. The summed E-state index contributed by atoms with van der Waals surface area (Å²) in [5, 5.41) is 0. The van der Waals surface area contributed by atoms with E-state index in [9.17, 15) is 14.0 Å². The lowest BCUT2D eigenvalue weighted by Gasteiger charge is -2.39. The van der Waals surface area contributed by atoms with Crippen molar-refractivity contribution in [2.24, 2.45) is 5.41 Å². The monoisotopic (exact) mass is 381 g/mol. The first-order valence-electron chi connectivity index (χ1n) is 9.76. The molecule has 0 saturated carbocycles. The van der Waals surface area contributed by atoms with Crippen LogP contribution in [0.4, 0.5) is 4.39 Å². The van der Waals surface area contributed by atoms with Crippen molar-refractivity contribution < 1.29 is 14.0 Å².